The predicted octanol–water partition coefficient (Wildman–Crippen LogP) is 3.22. The van der Waals surface area contributed by atoms with Crippen LogP contribution in [0.25, 0.3) is 10.9 Å². The predicted molar refractivity (Wildman–Crippen MR) is 111 cm³/mol. The van der Waals surface area contributed by atoms with Gasteiger partial charge in [-0.1, -0.05) is 35.9 Å². The lowest BCUT2D eigenvalue weighted by Crippen LogP contribution is -2.23. The molecule has 144 valence electrons. The third kappa shape index (κ3) is 5.32. The van der Waals surface area contributed by atoms with Crippen molar-refractivity contribution in [1.29, 1.82) is 0 Å². The van der Waals surface area contributed by atoms with E-state index in [0.29, 0.717) is 23.0 Å². The highest BCUT2D eigenvalue weighted by atomic mass is 35.5. The smallest absolute Gasteiger partial charge is 0.248 e. The summed E-state index contributed by atoms with van der Waals surface area (Å²) in [5.74, 6) is -0.000219. The molecule has 0 aliphatic carbocycles. The maximum atomic E-state index is 11.5. The van der Waals surface area contributed by atoms with E-state index in [2.05, 4.69) is 41.5 Å². The van der Waals surface area contributed by atoms with Gasteiger partial charge >= 0.3 is 0 Å². The number of aliphatic hydroxyl groups is 1. The summed E-state index contributed by atoms with van der Waals surface area (Å²) in [4.78, 5) is 14.1. The second kappa shape index (κ2) is 9.55. The van der Waals surface area contributed by atoms with Crippen molar-refractivity contribution in [2.24, 2.45) is 0 Å². The number of aromatic nitrogens is 1. The number of aromatic amines is 1. The van der Waals surface area contributed by atoms with Crippen LogP contribution in [0.4, 0.5) is 0 Å². The molecular weight excluding hydrogens is 364 g/mol. The van der Waals surface area contributed by atoms with Crippen LogP contribution in [0.3, 0.4) is 0 Å². The van der Waals surface area contributed by atoms with E-state index < -0.39 is 6.10 Å². The summed E-state index contributed by atoms with van der Waals surface area (Å²) in [5.41, 5.74) is 3.34. The van der Waals surface area contributed by atoms with Crippen molar-refractivity contribution < 1.29 is 10.2 Å². The number of aliphatic hydroxyl groups excluding tert-OH is 1. The first-order valence-electron chi connectivity index (χ1n) is 8.84. The number of nitrogens with one attached hydrogen (secondary N) is 2. The quantitative estimate of drug-likeness (QED) is 0.468. The molecule has 0 aliphatic heterocycles. The van der Waals surface area contributed by atoms with Crippen LogP contribution in [0.2, 0.25) is 0 Å². The van der Waals surface area contributed by atoms with Gasteiger partial charge in [0.2, 0.25) is 5.56 Å². The van der Waals surface area contributed by atoms with E-state index in [1.54, 1.807) is 12.1 Å². The number of aryl methyl sites for hydroxylation is 2. The third-order valence-corrected chi connectivity index (χ3v) is 4.50. The van der Waals surface area contributed by atoms with Crippen molar-refractivity contribution in [3.8, 4) is 5.75 Å². The van der Waals surface area contributed by atoms with Gasteiger partial charge in [0.1, 0.15) is 5.75 Å². The molecule has 1 aromatic heterocycles. The molecule has 1 heterocycles. The van der Waals surface area contributed by atoms with E-state index >= 15 is 0 Å². The summed E-state index contributed by atoms with van der Waals surface area (Å²) in [6.45, 7) is 3.30. The van der Waals surface area contributed by atoms with Gasteiger partial charge in [-0.15, -0.1) is 12.4 Å². The van der Waals surface area contributed by atoms with Crippen molar-refractivity contribution in [3.05, 3.63) is 75.6 Å². The van der Waals surface area contributed by atoms with Crippen LogP contribution in [0, 0.1) is 6.92 Å². The number of H-pyrrole nitrogens is 1. The molecule has 1 unspecified atom stereocenters. The van der Waals surface area contributed by atoms with Gasteiger partial charge in [0.25, 0.3) is 0 Å². The van der Waals surface area contributed by atoms with E-state index in [0.717, 1.165) is 19.4 Å². The summed E-state index contributed by atoms with van der Waals surface area (Å²) < 4.78 is 0. The zero-order chi connectivity index (χ0) is 18.5. The van der Waals surface area contributed by atoms with Crippen LogP contribution in [-0.4, -0.2) is 28.3 Å². The molecule has 1 atom stereocenters. The Balaban J connectivity index is 0.00000261. The van der Waals surface area contributed by atoms with Crippen molar-refractivity contribution in [2.45, 2.75) is 25.9 Å². The summed E-state index contributed by atoms with van der Waals surface area (Å²) in [6.07, 6.45) is 1.26. The molecule has 6 heteroatoms. The molecule has 0 saturated carbocycles. The molecule has 5 nitrogen and oxygen atoms in total. The topological polar surface area (TPSA) is 85.3 Å². The monoisotopic (exact) mass is 388 g/mol. The fraction of sp³-hybridized carbons (Fsp3) is 0.286. The van der Waals surface area contributed by atoms with Crippen molar-refractivity contribution in [1.82, 2.24) is 10.3 Å². The molecule has 3 rings (SSSR count). The van der Waals surface area contributed by atoms with Gasteiger partial charge in [0.15, 0.2) is 0 Å². The second-order valence-corrected chi connectivity index (χ2v) is 6.60. The van der Waals surface area contributed by atoms with Crippen LogP contribution >= 0.6 is 12.4 Å². The number of pyridine rings is 1. The largest absolute Gasteiger partial charge is 0.506 e. The average molecular weight is 389 g/mol. The number of fused-ring (bicyclic) bond motifs is 1. The Hall–Kier alpha value is -2.34. The number of benzene rings is 2. The van der Waals surface area contributed by atoms with Crippen molar-refractivity contribution in [2.75, 3.05) is 13.1 Å². The van der Waals surface area contributed by atoms with Gasteiger partial charge < -0.3 is 20.5 Å². The fourth-order valence-electron chi connectivity index (χ4n) is 3.18. The van der Waals surface area contributed by atoms with Crippen molar-refractivity contribution in [3.63, 3.8) is 0 Å². The van der Waals surface area contributed by atoms with Gasteiger partial charge in [0, 0.05) is 18.0 Å². The van der Waals surface area contributed by atoms with Crippen LogP contribution in [0.15, 0.2) is 53.3 Å². The Morgan fingerprint density at radius 1 is 1.15 bits per heavy atom. The lowest BCUT2D eigenvalue weighted by atomic mass is 10.0. The molecule has 3 aromatic rings. The molecule has 27 heavy (non-hydrogen) atoms. The van der Waals surface area contributed by atoms with Crippen LogP contribution in [0.1, 0.15) is 29.2 Å². The SMILES string of the molecule is Cc1cccc(CCCNCC(O)c2ccc(O)c3[nH]c(=O)ccc23)c1.Cl. The highest BCUT2D eigenvalue weighted by Gasteiger charge is 2.13. The Bertz CT molecular complexity index is 956. The number of hydrogen-bond donors (Lipinski definition) is 4. The normalized spacial score (nSPS) is 11.9. The molecule has 0 amide bonds. The van der Waals surface area contributed by atoms with Gasteiger partial charge in [-0.2, -0.15) is 0 Å². The van der Waals surface area contributed by atoms with Gasteiger partial charge in [-0.25, -0.2) is 0 Å². The van der Waals surface area contributed by atoms with Crippen LogP contribution in [0.5, 0.6) is 5.75 Å². The van der Waals surface area contributed by atoms with E-state index in [-0.39, 0.29) is 23.7 Å². The Morgan fingerprint density at radius 2 is 1.96 bits per heavy atom. The molecule has 4 N–H and O–H groups in total. The van der Waals surface area contributed by atoms with Gasteiger partial charge in [-0.05, 0) is 49.6 Å². The van der Waals surface area contributed by atoms with E-state index in [4.69, 9.17) is 0 Å². The summed E-state index contributed by atoms with van der Waals surface area (Å²) in [5, 5.41) is 24.3. The molecule has 0 aliphatic rings. The highest BCUT2D eigenvalue weighted by Crippen LogP contribution is 2.28. The number of aromatic hydroxyl groups is 1. The number of rotatable bonds is 7. The molecule has 0 bridgehead atoms. The summed E-state index contributed by atoms with van der Waals surface area (Å²) >= 11 is 0. The third-order valence-electron chi connectivity index (χ3n) is 4.50. The average Bonchev–Trinajstić information content (AvgIpc) is 2.62. The van der Waals surface area contributed by atoms with E-state index in [1.807, 2.05) is 0 Å². The van der Waals surface area contributed by atoms with Crippen molar-refractivity contribution >= 4 is 23.3 Å². The molecule has 0 saturated heterocycles. The van der Waals surface area contributed by atoms with E-state index in [1.165, 1.54) is 23.3 Å². The maximum absolute atomic E-state index is 11.5. The van der Waals surface area contributed by atoms with E-state index in [9.17, 15) is 15.0 Å². The molecule has 0 radical (unpaired) electrons. The first kappa shape index (κ1) is 21.0. The molecule has 0 spiro atoms. The minimum Gasteiger partial charge on any atom is -0.506 e. The zero-order valence-electron chi connectivity index (χ0n) is 15.2. The highest BCUT2D eigenvalue weighted by molar-refractivity contribution is 5.87. The Kier molecular flexibility index (Phi) is 7.42. The zero-order valence-corrected chi connectivity index (χ0v) is 16.1. The first-order chi connectivity index (χ1) is 12.5. The Labute approximate surface area is 164 Å². The molecule has 2 aromatic carbocycles. The number of halogens is 1. The molecular formula is C21H25ClN2O3. The Morgan fingerprint density at radius 3 is 2.74 bits per heavy atom. The number of phenols is 1. The molecule has 0 fully saturated rings. The van der Waals surface area contributed by atoms with Crippen LogP contribution < -0.4 is 10.9 Å². The summed E-state index contributed by atoms with van der Waals surface area (Å²) in [6, 6.07) is 14.7. The van der Waals surface area contributed by atoms with Gasteiger partial charge in [0.05, 0.1) is 11.6 Å². The second-order valence-electron chi connectivity index (χ2n) is 6.60. The standard InChI is InChI=1S/C21H24N2O3.ClH/c1-14-4-2-5-15(12-14)6-3-11-22-13-19(25)16-7-9-18(24)21-17(16)8-10-20(26)23-21;/h2,4-5,7-10,12,19,22,24-25H,3,6,11,13H2,1H3,(H,23,26);1H. The lowest BCUT2D eigenvalue weighted by molar-refractivity contribution is 0.176. The summed E-state index contributed by atoms with van der Waals surface area (Å²) in [7, 11) is 0. The first-order valence-corrected chi connectivity index (χ1v) is 8.84. The minimum absolute atomic E-state index is 0. The lowest BCUT2D eigenvalue weighted by Gasteiger charge is -2.15. The number of phenolic OH excluding ortho intramolecular Hbond substituents is 1. The maximum Gasteiger partial charge on any atom is 0.248 e. The van der Waals surface area contributed by atoms with Crippen LogP contribution in [-0.2, 0) is 6.42 Å². The van der Waals surface area contributed by atoms with Gasteiger partial charge in [-0.3, -0.25) is 4.79 Å². The fourth-order valence-corrected chi connectivity index (χ4v) is 3.18. The number of hydrogen-bond acceptors (Lipinski definition) is 4. The minimum atomic E-state index is -0.719.